The molecule has 0 aromatic heterocycles. The fourth-order valence-electron chi connectivity index (χ4n) is 1.85. The second kappa shape index (κ2) is 11.2. The zero-order valence-corrected chi connectivity index (χ0v) is 11.7. The monoisotopic (exact) mass is 226 g/mol. The Morgan fingerprint density at radius 3 is 2.31 bits per heavy atom. The van der Waals surface area contributed by atoms with Gasteiger partial charge in [0, 0.05) is 6.61 Å². The van der Waals surface area contributed by atoms with Crippen molar-refractivity contribution in [2.24, 2.45) is 0 Å². The Morgan fingerprint density at radius 1 is 1.06 bits per heavy atom. The molecule has 0 fully saturated rings. The van der Waals surface area contributed by atoms with Crippen LogP contribution in [0.4, 0.5) is 0 Å². The van der Waals surface area contributed by atoms with E-state index in [-0.39, 0.29) is 0 Å². The Bertz CT molecular complexity index is 162. The normalized spacial score (nSPS) is 14.1. The van der Waals surface area contributed by atoms with Gasteiger partial charge in [0.15, 0.2) is 0 Å². The minimum Gasteiger partial charge on any atom is -0.374 e. The summed E-state index contributed by atoms with van der Waals surface area (Å²) in [5.74, 6) is 0. The van der Waals surface area contributed by atoms with E-state index in [1.807, 2.05) is 0 Å². The Balaban J connectivity index is 3.99. The Hall–Kier alpha value is -0.300. The van der Waals surface area contributed by atoms with E-state index < -0.39 is 0 Å². The topological polar surface area (TPSA) is 9.23 Å². The minimum atomic E-state index is 0.373. The second-order valence-electron chi connectivity index (χ2n) is 4.57. The molecule has 0 amide bonds. The standard InChI is InChI=1S/C15H30O/c1-5-8-10-12-15(14(4)11-7-3)16-13-9-6-2/h11,15H,5-10,12-13H2,1-4H3/b14-11+. The number of hydrogen-bond donors (Lipinski definition) is 0. The van der Waals surface area contributed by atoms with Crippen molar-refractivity contribution in [3.05, 3.63) is 11.6 Å². The summed E-state index contributed by atoms with van der Waals surface area (Å²) in [5.41, 5.74) is 1.43. The van der Waals surface area contributed by atoms with E-state index in [1.54, 1.807) is 0 Å². The highest BCUT2D eigenvalue weighted by Gasteiger charge is 2.10. The minimum absolute atomic E-state index is 0.373. The smallest absolute Gasteiger partial charge is 0.0782 e. The van der Waals surface area contributed by atoms with E-state index in [4.69, 9.17) is 4.74 Å². The maximum Gasteiger partial charge on any atom is 0.0782 e. The molecule has 0 saturated carbocycles. The average molecular weight is 226 g/mol. The summed E-state index contributed by atoms with van der Waals surface area (Å²) >= 11 is 0. The van der Waals surface area contributed by atoms with Crippen molar-refractivity contribution in [3.63, 3.8) is 0 Å². The summed E-state index contributed by atoms with van der Waals surface area (Å²) in [6, 6.07) is 0. The molecule has 0 heterocycles. The van der Waals surface area contributed by atoms with Gasteiger partial charge in [0.2, 0.25) is 0 Å². The third-order valence-corrected chi connectivity index (χ3v) is 2.92. The molecular formula is C15H30O. The van der Waals surface area contributed by atoms with Gasteiger partial charge in [0.25, 0.3) is 0 Å². The van der Waals surface area contributed by atoms with Crippen LogP contribution in [-0.4, -0.2) is 12.7 Å². The van der Waals surface area contributed by atoms with Crippen molar-refractivity contribution in [1.29, 1.82) is 0 Å². The molecule has 0 bridgehead atoms. The van der Waals surface area contributed by atoms with Crippen molar-refractivity contribution in [3.8, 4) is 0 Å². The lowest BCUT2D eigenvalue weighted by atomic mass is 10.0. The molecule has 96 valence electrons. The molecule has 0 radical (unpaired) electrons. The second-order valence-corrected chi connectivity index (χ2v) is 4.57. The SMILES string of the molecule is CC/C=C(\C)C(CCCCC)OCCCC. The summed E-state index contributed by atoms with van der Waals surface area (Å²) in [4.78, 5) is 0. The van der Waals surface area contributed by atoms with Crippen LogP contribution in [0.5, 0.6) is 0 Å². The molecule has 0 aliphatic heterocycles. The van der Waals surface area contributed by atoms with Crippen LogP contribution in [0.3, 0.4) is 0 Å². The van der Waals surface area contributed by atoms with Crippen LogP contribution in [0.25, 0.3) is 0 Å². The quantitative estimate of drug-likeness (QED) is 0.371. The summed E-state index contributed by atoms with van der Waals surface area (Å²) < 4.78 is 5.98. The first-order valence-corrected chi connectivity index (χ1v) is 7.04. The molecule has 0 aliphatic rings. The third kappa shape index (κ3) is 7.92. The van der Waals surface area contributed by atoms with Crippen molar-refractivity contribution >= 4 is 0 Å². The van der Waals surface area contributed by atoms with Gasteiger partial charge in [0.1, 0.15) is 0 Å². The highest BCUT2D eigenvalue weighted by Crippen LogP contribution is 2.16. The van der Waals surface area contributed by atoms with Crippen LogP contribution in [0.2, 0.25) is 0 Å². The van der Waals surface area contributed by atoms with Gasteiger partial charge in [-0.2, -0.15) is 0 Å². The van der Waals surface area contributed by atoms with Crippen LogP contribution >= 0.6 is 0 Å². The molecule has 0 rings (SSSR count). The number of ether oxygens (including phenoxy) is 1. The van der Waals surface area contributed by atoms with Crippen LogP contribution in [0, 0.1) is 0 Å². The lowest BCUT2D eigenvalue weighted by Crippen LogP contribution is -2.15. The first-order chi connectivity index (χ1) is 7.76. The van der Waals surface area contributed by atoms with Crippen molar-refractivity contribution in [2.75, 3.05) is 6.61 Å². The maximum atomic E-state index is 5.98. The van der Waals surface area contributed by atoms with Gasteiger partial charge in [0.05, 0.1) is 6.10 Å². The summed E-state index contributed by atoms with van der Waals surface area (Å²) in [6.45, 7) is 9.79. The number of unbranched alkanes of at least 4 members (excludes halogenated alkanes) is 3. The molecule has 1 atom stereocenters. The van der Waals surface area contributed by atoms with Crippen molar-refractivity contribution in [2.45, 2.75) is 78.7 Å². The van der Waals surface area contributed by atoms with E-state index in [1.165, 1.54) is 44.1 Å². The molecular weight excluding hydrogens is 196 g/mol. The zero-order valence-electron chi connectivity index (χ0n) is 11.7. The van der Waals surface area contributed by atoms with Crippen LogP contribution in [0.1, 0.15) is 72.6 Å². The van der Waals surface area contributed by atoms with Crippen LogP contribution in [-0.2, 0) is 4.74 Å². The molecule has 0 aromatic carbocycles. The third-order valence-electron chi connectivity index (χ3n) is 2.92. The van der Waals surface area contributed by atoms with Gasteiger partial charge in [-0.25, -0.2) is 0 Å². The Kier molecular flexibility index (Phi) is 11.0. The first-order valence-electron chi connectivity index (χ1n) is 7.04. The Morgan fingerprint density at radius 2 is 1.75 bits per heavy atom. The molecule has 0 aromatic rings. The number of allylic oxidation sites excluding steroid dienone is 1. The number of rotatable bonds is 10. The van der Waals surface area contributed by atoms with Crippen molar-refractivity contribution < 1.29 is 4.74 Å². The lowest BCUT2D eigenvalue weighted by molar-refractivity contribution is 0.0677. The predicted octanol–water partition coefficient (Wildman–Crippen LogP) is 5.11. The first kappa shape index (κ1) is 15.7. The van der Waals surface area contributed by atoms with Gasteiger partial charge >= 0.3 is 0 Å². The fourth-order valence-corrected chi connectivity index (χ4v) is 1.85. The van der Waals surface area contributed by atoms with Crippen LogP contribution < -0.4 is 0 Å². The van der Waals surface area contributed by atoms with E-state index in [0.29, 0.717) is 6.10 Å². The van der Waals surface area contributed by atoms with Gasteiger partial charge in [-0.05, 0) is 31.8 Å². The zero-order chi connectivity index (χ0) is 12.2. The number of hydrogen-bond acceptors (Lipinski definition) is 1. The molecule has 0 spiro atoms. The molecule has 0 aliphatic carbocycles. The van der Waals surface area contributed by atoms with E-state index in [2.05, 4.69) is 33.8 Å². The average Bonchev–Trinajstić information content (AvgIpc) is 2.28. The summed E-state index contributed by atoms with van der Waals surface area (Å²) in [5, 5.41) is 0. The largest absolute Gasteiger partial charge is 0.374 e. The van der Waals surface area contributed by atoms with Gasteiger partial charge in [-0.1, -0.05) is 52.5 Å². The predicted molar refractivity (Wildman–Crippen MR) is 72.8 cm³/mol. The highest BCUT2D eigenvalue weighted by molar-refractivity contribution is 5.04. The summed E-state index contributed by atoms with van der Waals surface area (Å²) in [7, 11) is 0. The maximum absolute atomic E-state index is 5.98. The molecule has 1 heteroatoms. The van der Waals surface area contributed by atoms with Crippen molar-refractivity contribution in [1.82, 2.24) is 0 Å². The van der Waals surface area contributed by atoms with Gasteiger partial charge in [-0.15, -0.1) is 0 Å². The van der Waals surface area contributed by atoms with E-state index in [9.17, 15) is 0 Å². The summed E-state index contributed by atoms with van der Waals surface area (Å²) in [6.07, 6.45) is 11.3. The highest BCUT2D eigenvalue weighted by atomic mass is 16.5. The van der Waals surface area contributed by atoms with Crippen LogP contribution in [0.15, 0.2) is 11.6 Å². The lowest BCUT2D eigenvalue weighted by Gasteiger charge is -2.18. The molecule has 1 nitrogen and oxygen atoms in total. The van der Waals surface area contributed by atoms with E-state index >= 15 is 0 Å². The molecule has 1 unspecified atom stereocenters. The molecule has 0 saturated heterocycles. The Labute approximate surface area is 102 Å². The van der Waals surface area contributed by atoms with E-state index in [0.717, 1.165) is 13.0 Å². The van der Waals surface area contributed by atoms with Gasteiger partial charge < -0.3 is 4.74 Å². The van der Waals surface area contributed by atoms with Gasteiger partial charge in [-0.3, -0.25) is 0 Å². The molecule has 16 heavy (non-hydrogen) atoms. The molecule has 0 N–H and O–H groups in total. The fraction of sp³-hybridized carbons (Fsp3) is 0.867.